The van der Waals surface area contributed by atoms with Gasteiger partial charge < -0.3 is 5.32 Å². The van der Waals surface area contributed by atoms with Gasteiger partial charge in [0, 0.05) is 11.5 Å². The molecule has 0 fully saturated rings. The first-order chi connectivity index (χ1) is 15.4. The van der Waals surface area contributed by atoms with E-state index in [1.165, 1.54) is 22.5 Å². The third-order valence-electron chi connectivity index (χ3n) is 5.29. The lowest BCUT2D eigenvalue weighted by Gasteiger charge is -2.12. The molecule has 0 atom stereocenters. The number of hydrogen-bond acceptors (Lipinski definition) is 4. The number of nitrogens with one attached hydrogen (secondary N) is 1. The van der Waals surface area contributed by atoms with Crippen molar-refractivity contribution in [2.45, 2.75) is 27.7 Å². The Morgan fingerprint density at radius 3 is 2.50 bits per heavy atom. The van der Waals surface area contributed by atoms with E-state index in [1.54, 1.807) is 6.08 Å². The van der Waals surface area contributed by atoms with Crippen molar-refractivity contribution >= 4 is 28.7 Å². The number of carbonyl (C=O) groups is 1. The fourth-order valence-corrected chi connectivity index (χ4v) is 3.67. The Hall–Kier alpha value is -4.24. The summed E-state index contributed by atoms with van der Waals surface area (Å²) < 4.78 is 1.50. The fourth-order valence-electron chi connectivity index (χ4n) is 3.67. The lowest BCUT2D eigenvalue weighted by atomic mass is 10.0. The molecule has 0 aliphatic heterocycles. The van der Waals surface area contributed by atoms with Crippen LogP contribution < -0.4 is 5.32 Å². The van der Waals surface area contributed by atoms with E-state index < -0.39 is 0 Å². The number of hydrogen-bond donors (Lipinski definition) is 1. The van der Waals surface area contributed by atoms with Crippen molar-refractivity contribution < 1.29 is 4.79 Å². The molecule has 0 aliphatic carbocycles. The van der Waals surface area contributed by atoms with Crippen molar-refractivity contribution in [3.63, 3.8) is 0 Å². The van der Waals surface area contributed by atoms with Crippen molar-refractivity contribution in [1.82, 2.24) is 14.8 Å². The van der Waals surface area contributed by atoms with Gasteiger partial charge in [0.05, 0.1) is 11.7 Å². The summed E-state index contributed by atoms with van der Waals surface area (Å²) in [6.07, 6.45) is 4.60. The molecule has 0 aliphatic rings. The molecule has 0 radical (unpaired) electrons. The smallest absolute Gasteiger partial charge is 0.249 e. The number of nitriles is 1. The van der Waals surface area contributed by atoms with E-state index in [1.807, 2.05) is 51.1 Å². The first-order valence-electron chi connectivity index (χ1n) is 10.3. The molecule has 2 heterocycles. The second-order valence-electron chi connectivity index (χ2n) is 7.94. The maximum Gasteiger partial charge on any atom is 0.249 e. The zero-order valence-electron chi connectivity index (χ0n) is 18.5. The van der Waals surface area contributed by atoms with Gasteiger partial charge in [-0.2, -0.15) is 15.0 Å². The molecular weight excluding hydrogens is 398 g/mol. The number of nitrogens with zero attached hydrogens (tertiary/aromatic N) is 4. The van der Waals surface area contributed by atoms with Gasteiger partial charge in [0.1, 0.15) is 11.6 Å². The van der Waals surface area contributed by atoms with Gasteiger partial charge in [0.15, 0.2) is 11.6 Å². The summed E-state index contributed by atoms with van der Waals surface area (Å²) in [5, 5.41) is 17.7. The number of anilines is 1. The zero-order valence-corrected chi connectivity index (χ0v) is 18.5. The van der Waals surface area contributed by atoms with E-state index in [0.29, 0.717) is 11.6 Å². The SMILES string of the molecule is Cc1ccc(/C=C/C(=O)Nc2c(C#N)cnn2-c2cc(C)c3cc(C)cc(C)c3n2)cc1. The van der Waals surface area contributed by atoms with Gasteiger partial charge in [0.25, 0.3) is 0 Å². The number of rotatable bonds is 4. The van der Waals surface area contributed by atoms with Crippen LogP contribution in [0.2, 0.25) is 0 Å². The van der Waals surface area contributed by atoms with Crippen LogP contribution in [-0.4, -0.2) is 20.7 Å². The molecule has 0 saturated carbocycles. The van der Waals surface area contributed by atoms with Gasteiger partial charge in [0.2, 0.25) is 5.91 Å². The molecule has 0 unspecified atom stereocenters. The third kappa shape index (κ3) is 4.14. The molecule has 0 saturated heterocycles. The molecular formula is C26H23N5O. The summed E-state index contributed by atoms with van der Waals surface area (Å²) in [4.78, 5) is 17.4. The highest BCUT2D eigenvalue weighted by molar-refractivity contribution is 6.02. The molecule has 0 bridgehead atoms. The summed E-state index contributed by atoms with van der Waals surface area (Å²) >= 11 is 0. The fraction of sp³-hybridized carbons (Fsp3) is 0.154. The van der Waals surface area contributed by atoms with Crippen LogP contribution in [0.1, 0.15) is 33.4 Å². The maximum atomic E-state index is 12.6. The zero-order chi connectivity index (χ0) is 22.8. The summed E-state index contributed by atoms with van der Waals surface area (Å²) in [5.41, 5.74) is 6.48. The predicted molar refractivity (Wildman–Crippen MR) is 127 cm³/mol. The van der Waals surface area contributed by atoms with E-state index in [4.69, 9.17) is 4.98 Å². The van der Waals surface area contributed by atoms with Crippen LogP contribution in [-0.2, 0) is 4.79 Å². The molecule has 158 valence electrons. The van der Waals surface area contributed by atoms with Crippen LogP contribution in [0.4, 0.5) is 5.82 Å². The van der Waals surface area contributed by atoms with E-state index in [2.05, 4.69) is 35.5 Å². The topological polar surface area (TPSA) is 83.6 Å². The van der Waals surface area contributed by atoms with Crippen LogP contribution in [0, 0.1) is 39.0 Å². The minimum Gasteiger partial charge on any atom is -0.306 e. The Labute approximate surface area is 186 Å². The Balaban J connectivity index is 1.70. The van der Waals surface area contributed by atoms with E-state index >= 15 is 0 Å². The van der Waals surface area contributed by atoms with E-state index in [9.17, 15) is 10.1 Å². The molecule has 2 aromatic carbocycles. The van der Waals surface area contributed by atoms with Gasteiger partial charge in [-0.05, 0) is 62.6 Å². The van der Waals surface area contributed by atoms with Crippen LogP contribution in [0.25, 0.3) is 22.8 Å². The highest BCUT2D eigenvalue weighted by Crippen LogP contribution is 2.26. The number of benzene rings is 2. The summed E-state index contributed by atoms with van der Waals surface area (Å²) in [6.45, 7) is 8.11. The normalized spacial score (nSPS) is 11.1. The van der Waals surface area contributed by atoms with E-state index in [0.717, 1.165) is 33.2 Å². The van der Waals surface area contributed by atoms with Gasteiger partial charge in [-0.15, -0.1) is 0 Å². The number of carbonyl (C=O) groups excluding carboxylic acids is 1. The lowest BCUT2D eigenvalue weighted by molar-refractivity contribution is -0.111. The van der Waals surface area contributed by atoms with Crippen molar-refractivity contribution in [3.8, 4) is 11.9 Å². The molecule has 4 rings (SSSR count). The molecule has 32 heavy (non-hydrogen) atoms. The summed E-state index contributed by atoms with van der Waals surface area (Å²) in [6, 6.07) is 16.0. The Kier molecular flexibility index (Phi) is 5.57. The van der Waals surface area contributed by atoms with Crippen LogP contribution >= 0.6 is 0 Å². The second-order valence-corrected chi connectivity index (χ2v) is 7.94. The van der Waals surface area contributed by atoms with Crippen molar-refractivity contribution in [2.75, 3.05) is 5.32 Å². The summed E-state index contributed by atoms with van der Waals surface area (Å²) in [5.74, 6) is 0.483. The van der Waals surface area contributed by atoms with Gasteiger partial charge in [-0.1, -0.05) is 41.5 Å². The van der Waals surface area contributed by atoms with E-state index in [-0.39, 0.29) is 11.5 Å². The molecule has 1 N–H and O–H groups in total. The van der Waals surface area contributed by atoms with Gasteiger partial charge >= 0.3 is 0 Å². The molecule has 2 aromatic heterocycles. The summed E-state index contributed by atoms with van der Waals surface area (Å²) in [7, 11) is 0. The van der Waals surface area contributed by atoms with Crippen LogP contribution in [0.15, 0.2) is 54.7 Å². The standard InChI is InChI=1S/C26H23N5O/c1-16-5-7-20(8-6-16)9-10-24(32)30-26-21(14-27)15-28-31(26)23-13-18(3)22-12-17(2)11-19(4)25(22)29-23/h5-13,15H,1-4H3,(H,30,32)/b10-9+. The number of fused-ring (bicyclic) bond motifs is 1. The average Bonchev–Trinajstić information content (AvgIpc) is 3.16. The first kappa shape index (κ1) is 21.0. The number of aromatic nitrogens is 3. The van der Waals surface area contributed by atoms with Gasteiger partial charge in [-0.25, -0.2) is 4.98 Å². The number of aryl methyl sites for hydroxylation is 4. The Bertz CT molecular complexity index is 1410. The molecule has 1 amide bonds. The second kappa shape index (κ2) is 8.48. The Morgan fingerprint density at radius 2 is 1.78 bits per heavy atom. The third-order valence-corrected chi connectivity index (χ3v) is 5.29. The molecule has 6 nitrogen and oxygen atoms in total. The van der Waals surface area contributed by atoms with Crippen LogP contribution in [0.3, 0.4) is 0 Å². The number of amides is 1. The highest BCUT2D eigenvalue weighted by Gasteiger charge is 2.16. The molecule has 6 heteroatoms. The average molecular weight is 422 g/mol. The highest BCUT2D eigenvalue weighted by atomic mass is 16.1. The maximum absolute atomic E-state index is 12.6. The predicted octanol–water partition coefficient (Wildman–Crippen LogP) is 5.18. The van der Waals surface area contributed by atoms with Gasteiger partial charge in [-0.3, -0.25) is 4.79 Å². The largest absolute Gasteiger partial charge is 0.306 e. The number of pyridine rings is 1. The minimum absolute atomic E-state index is 0.266. The first-order valence-corrected chi connectivity index (χ1v) is 10.3. The quantitative estimate of drug-likeness (QED) is 0.460. The Morgan fingerprint density at radius 1 is 1.03 bits per heavy atom. The van der Waals surface area contributed by atoms with Crippen molar-refractivity contribution in [1.29, 1.82) is 5.26 Å². The molecule has 4 aromatic rings. The monoisotopic (exact) mass is 421 g/mol. The lowest BCUT2D eigenvalue weighted by Crippen LogP contribution is -2.14. The molecule has 0 spiro atoms. The van der Waals surface area contributed by atoms with Crippen LogP contribution in [0.5, 0.6) is 0 Å². The van der Waals surface area contributed by atoms with Crippen molar-refractivity contribution in [3.05, 3.63) is 88.1 Å². The minimum atomic E-state index is -0.354. The van der Waals surface area contributed by atoms with Crippen molar-refractivity contribution in [2.24, 2.45) is 0 Å².